The third-order valence-corrected chi connectivity index (χ3v) is 4.87. The minimum Gasteiger partial charge on any atom is -0.436 e. The third-order valence-electron chi connectivity index (χ3n) is 4.87. The van der Waals surface area contributed by atoms with E-state index in [0.717, 1.165) is 42.6 Å². The molecule has 0 amide bonds. The van der Waals surface area contributed by atoms with E-state index in [4.69, 9.17) is 4.42 Å². The first-order valence-corrected chi connectivity index (χ1v) is 8.94. The number of nitrogens with zero attached hydrogens (tertiary/aromatic N) is 2. The first-order valence-electron chi connectivity index (χ1n) is 8.94. The van der Waals surface area contributed by atoms with E-state index in [1.165, 1.54) is 24.1 Å². The topological polar surface area (TPSA) is 29.3 Å². The molecular weight excluding hydrogens is 315 g/mol. The zero-order valence-corrected chi connectivity index (χ0v) is 14.7. The molecule has 1 aliphatic heterocycles. The van der Waals surface area contributed by atoms with E-state index in [1.807, 2.05) is 12.1 Å². The van der Waals surface area contributed by atoms with Crippen LogP contribution in [0.2, 0.25) is 0 Å². The average Bonchev–Trinajstić information content (AvgIpc) is 2.97. The molecule has 4 rings (SSSR count). The van der Waals surface area contributed by atoms with E-state index in [9.17, 15) is 4.39 Å². The summed E-state index contributed by atoms with van der Waals surface area (Å²) in [5, 5.41) is 0. The molecule has 1 aliphatic rings. The van der Waals surface area contributed by atoms with Crippen molar-refractivity contribution in [3.8, 4) is 11.5 Å². The number of hydrogen-bond donors (Lipinski definition) is 0. The number of fused-ring (bicyclic) bond motifs is 1. The molecule has 0 unspecified atom stereocenters. The maximum Gasteiger partial charge on any atom is 0.227 e. The van der Waals surface area contributed by atoms with E-state index >= 15 is 0 Å². The van der Waals surface area contributed by atoms with Crippen molar-refractivity contribution in [3.05, 3.63) is 53.8 Å². The lowest BCUT2D eigenvalue weighted by Crippen LogP contribution is -2.38. The quantitative estimate of drug-likeness (QED) is 0.664. The third kappa shape index (κ3) is 3.59. The minimum absolute atomic E-state index is 0.284. The van der Waals surface area contributed by atoms with Crippen LogP contribution >= 0.6 is 0 Å². The SMILES string of the molecule is C[C@@H]1C[C@H](C)CN(Cc2ccc3oc(-c4cccc(F)c4)nc3c2)C1. The van der Waals surface area contributed by atoms with Crippen LogP contribution in [0.3, 0.4) is 0 Å². The van der Waals surface area contributed by atoms with Gasteiger partial charge >= 0.3 is 0 Å². The maximum absolute atomic E-state index is 13.4. The largest absolute Gasteiger partial charge is 0.436 e. The lowest BCUT2D eigenvalue weighted by molar-refractivity contribution is 0.134. The molecular formula is C21H23FN2O. The summed E-state index contributed by atoms with van der Waals surface area (Å²) < 4.78 is 19.2. The van der Waals surface area contributed by atoms with E-state index in [-0.39, 0.29) is 5.82 Å². The average molecular weight is 338 g/mol. The van der Waals surface area contributed by atoms with Crippen LogP contribution in [-0.2, 0) is 6.54 Å². The predicted octanol–water partition coefficient (Wildman–Crippen LogP) is 5.11. The molecule has 0 radical (unpaired) electrons. The van der Waals surface area contributed by atoms with Crippen molar-refractivity contribution in [3.63, 3.8) is 0 Å². The molecule has 3 nitrogen and oxygen atoms in total. The lowest BCUT2D eigenvalue weighted by atomic mass is 9.91. The van der Waals surface area contributed by atoms with Gasteiger partial charge in [-0.1, -0.05) is 26.0 Å². The highest BCUT2D eigenvalue weighted by Crippen LogP contribution is 2.27. The van der Waals surface area contributed by atoms with Crippen LogP contribution < -0.4 is 0 Å². The Bertz CT molecular complexity index is 878. The number of halogens is 1. The number of likely N-dealkylation sites (tertiary alicyclic amines) is 1. The van der Waals surface area contributed by atoms with Gasteiger partial charge in [-0.05, 0) is 54.2 Å². The minimum atomic E-state index is -0.284. The van der Waals surface area contributed by atoms with Crippen molar-refractivity contribution in [1.82, 2.24) is 9.88 Å². The van der Waals surface area contributed by atoms with Gasteiger partial charge in [-0.2, -0.15) is 0 Å². The van der Waals surface area contributed by atoms with Crippen LogP contribution in [0.25, 0.3) is 22.6 Å². The predicted molar refractivity (Wildman–Crippen MR) is 97.6 cm³/mol. The van der Waals surface area contributed by atoms with Crippen LogP contribution in [-0.4, -0.2) is 23.0 Å². The molecule has 1 aromatic heterocycles. The summed E-state index contributed by atoms with van der Waals surface area (Å²) in [5.74, 6) is 1.68. The summed E-state index contributed by atoms with van der Waals surface area (Å²) in [7, 11) is 0. The number of aromatic nitrogens is 1. The van der Waals surface area contributed by atoms with Gasteiger partial charge in [0.25, 0.3) is 0 Å². The fraction of sp³-hybridized carbons (Fsp3) is 0.381. The molecule has 0 N–H and O–H groups in total. The molecule has 25 heavy (non-hydrogen) atoms. The highest BCUT2D eigenvalue weighted by molar-refractivity contribution is 5.76. The van der Waals surface area contributed by atoms with Crippen molar-refractivity contribution < 1.29 is 8.81 Å². The number of hydrogen-bond acceptors (Lipinski definition) is 3. The summed E-state index contributed by atoms with van der Waals surface area (Å²) in [4.78, 5) is 7.08. The first kappa shape index (κ1) is 16.3. The van der Waals surface area contributed by atoms with Crippen molar-refractivity contribution in [2.24, 2.45) is 11.8 Å². The molecule has 0 bridgehead atoms. The molecule has 0 aliphatic carbocycles. The van der Waals surface area contributed by atoms with Gasteiger partial charge < -0.3 is 4.42 Å². The van der Waals surface area contributed by atoms with Gasteiger partial charge in [0.1, 0.15) is 11.3 Å². The maximum atomic E-state index is 13.4. The fourth-order valence-electron chi connectivity index (χ4n) is 4.00. The summed E-state index contributed by atoms with van der Waals surface area (Å²) in [5.41, 5.74) is 3.47. The van der Waals surface area contributed by atoms with Crippen molar-refractivity contribution in [2.75, 3.05) is 13.1 Å². The normalized spacial score (nSPS) is 21.7. The van der Waals surface area contributed by atoms with Crippen molar-refractivity contribution in [2.45, 2.75) is 26.8 Å². The molecule has 130 valence electrons. The Balaban J connectivity index is 1.58. The second-order valence-electron chi connectivity index (χ2n) is 7.47. The van der Waals surface area contributed by atoms with Gasteiger partial charge in [-0.25, -0.2) is 9.37 Å². The molecule has 3 aromatic rings. The molecule has 1 saturated heterocycles. The van der Waals surface area contributed by atoms with Crippen molar-refractivity contribution >= 4 is 11.1 Å². The molecule has 1 fully saturated rings. The number of rotatable bonds is 3. The van der Waals surface area contributed by atoms with Gasteiger partial charge in [0.05, 0.1) is 0 Å². The molecule has 2 atom stereocenters. The zero-order valence-electron chi connectivity index (χ0n) is 14.7. The van der Waals surface area contributed by atoms with E-state index in [2.05, 4.69) is 35.9 Å². The van der Waals surface area contributed by atoms with Crippen LogP contribution in [0.5, 0.6) is 0 Å². The second kappa shape index (κ2) is 6.60. The zero-order chi connectivity index (χ0) is 17.4. The molecule has 0 spiro atoms. The smallest absolute Gasteiger partial charge is 0.227 e. The summed E-state index contributed by atoms with van der Waals surface area (Å²) in [6.45, 7) is 7.89. The van der Waals surface area contributed by atoms with Crippen LogP contribution in [0.4, 0.5) is 4.39 Å². The number of benzene rings is 2. The van der Waals surface area contributed by atoms with E-state index in [0.29, 0.717) is 11.5 Å². The fourth-order valence-corrected chi connectivity index (χ4v) is 4.00. The Labute approximate surface area is 147 Å². The van der Waals surface area contributed by atoms with Crippen LogP contribution in [0.15, 0.2) is 46.9 Å². The first-order chi connectivity index (χ1) is 12.1. The summed E-state index contributed by atoms with van der Waals surface area (Å²) in [6, 6.07) is 12.5. The Hall–Kier alpha value is -2.20. The van der Waals surface area contributed by atoms with Gasteiger partial charge in [0.2, 0.25) is 5.89 Å². The Morgan fingerprint density at radius 1 is 1.12 bits per heavy atom. The Morgan fingerprint density at radius 2 is 1.92 bits per heavy atom. The van der Waals surface area contributed by atoms with Crippen molar-refractivity contribution in [1.29, 1.82) is 0 Å². The lowest BCUT2D eigenvalue weighted by Gasteiger charge is -2.34. The molecule has 4 heteroatoms. The molecule has 0 saturated carbocycles. The second-order valence-corrected chi connectivity index (χ2v) is 7.47. The standard InChI is InChI=1S/C21H23FN2O/c1-14-8-15(2)12-24(11-14)13-16-6-7-20-19(9-16)23-21(25-20)17-4-3-5-18(22)10-17/h3-7,9-10,14-15H,8,11-13H2,1-2H3/t14-,15+. The highest BCUT2D eigenvalue weighted by Gasteiger charge is 2.22. The van der Waals surface area contributed by atoms with Crippen LogP contribution in [0, 0.1) is 17.7 Å². The molecule has 2 aromatic carbocycles. The Morgan fingerprint density at radius 3 is 2.68 bits per heavy atom. The highest BCUT2D eigenvalue weighted by atomic mass is 19.1. The number of oxazole rings is 1. The Kier molecular flexibility index (Phi) is 4.30. The van der Waals surface area contributed by atoms with E-state index in [1.54, 1.807) is 6.07 Å². The van der Waals surface area contributed by atoms with Gasteiger partial charge in [0.15, 0.2) is 5.58 Å². The molecule has 2 heterocycles. The van der Waals surface area contributed by atoms with Gasteiger partial charge in [0, 0.05) is 25.2 Å². The summed E-state index contributed by atoms with van der Waals surface area (Å²) >= 11 is 0. The van der Waals surface area contributed by atoms with Crippen LogP contribution in [0.1, 0.15) is 25.8 Å². The number of piperidine rings is 1. The van der Waals surface area contributed by atoms with Gasteiger partial charge in [-0.15, -0.1) is 0 Å². The van der Waals surface area contributed by atoms with E-state index < -0.39 is 0 Å². The summed E-state index contributed by atoms with van der Waals surface area (Å²) in [6.07, 6.45) is 1.32. The monoisotopic (exact) mass is 338 g/mol. The van der Waals surface area contributed by atoms with Gasteiger partial charge in [-0.3, -0.25) is 4.90 Å².